The van der Waals surface area contributed by atoms with Crippen LogP contribution in [0.1, 0.15) is 84.1 Å². The summed E-state index contributed by atoms with van der Waals surface area (Å²) in [5, 5.41) is 3.94. The normalized spacial score (nSPS) is 23.8. The van der Waals surface area contributed by atoms with Crippen molar-refractivity contribution in [3.63, 3.8) is 0 Å². The second-order valence-electron chi connectivity index (χ2n) is 12.4. The maximum absolute atomic E-state index is 4.94. The topological polar surface area (TPSA) is 37.3 Å². The monoisotopic (exact) mass is 559 g/mol. The van der Waals surface area contributed by atoms with Crippen LogP contribution in [0.2, 0.25) is 0 Å². The Bertz CT molecular complexity index is 1810. The van der Waals surface area contributed by atoms with Gasteiger partial charge in [-0.05, 0) is 95.2 Å². The fraction of sp³-hybridized carbons (Fsp3) is 0.250. The number of nitrogens with one attached hydrogen (secondary N) is 1. The van der Waals surface area contributed by atoms with Crippen LogP contribution in [0, 0.1) is 11.8 Å². The SMILES string of the molecule is CC1C=NC(c2ccc(C3NC(C4=CC=C(c5nccc6c5CCC=C6)CC4)=Cc4ccccc43)cc2)=C2CCC=CC21. The molecule has 0 amide bonds. The molecule has 3 unspecified atom stereocenters. The number of allylic oxidation sites excluding steroid dienone is 8. The summed E-state index contributed by atoms with van der Waals surface area (Å²) in [5.41, 5.74) is 15.6. The smallest absolute Gasteiger partial charge is 0.0773 e. The summed E-state index contributed by atoms with van der Waals surface area (Å²) in [4.78, 5) is 9.77. The number of rotatable bonds is 4. The van der Waals surface area contributed by atoms with Gasteiger partial charge in [-0.1, -0.05) is 91.9 Å². The largest absolute Gasteiger partial charge is 0.374 e. The lowest BCUT2D eigenvalue weighted by atomic mass is 9.78. The summed E-state index contributed by atoms with van der Waals surface area (Å²) in [6, 6.07) is 20.2. The maximum Gasteiger partial charge on any atom is 0.0773 e. The zero-order chi connectivity index (χ0) is 28.8. The first kappa shape index (κ1) is 26.2. The van der Waals surface area contributed by atoms with Crippen molar-refractivity contribution in [1.29, 1.82) is 0 Å². The lowest BCUT2D eigenvalue weighted by Crippen LogP contribution is -2.27. The number of hydrogen-bond acceptors (Lipinski definition) is 3. The Hall–Kier alpha value is -4.50. The fourth-order valence-corrected chi connectivity index (χ4v) is 7.48. The van der Waals surface area contributed by atoms with E-state index in [0.717, 1.165) is 38.5 Å². The molecule has 5 aliphatic rings. The van der Waals surface area contributed by atoms with Crippen LogP contribution >= 0.6 is 0 Å². The Balaban J connectivity index is 1.09. The third kappa shape index (κ3) is 4.77. The van der Waals surface area contributed by atoms with Crippen molar-refractivity contribution in [2.75, 3.05) is 0 Å². The number of hydrogen-bond donors (Lipinski definition) is 1. The number of aliphatic imine (C=N–C) groups is 1. The predicted molar refractivity (Wildman–Crippen MR) is 179 cm³/mol. The molecular formula is C40H37N3. The van der Waals surface area contributed by atoms with Crippen LogP contribution < -0.4 is 5.32 Å². The molecule has 1 N–H and O–H groups in total. The van der Waals surface area contributed by atoms with E-state index in [-0.39, 0.29) is 6.04 Å². The van der Waals surface area contributed by atoms with Crippen LogP contribution in [0.4, 0.5) is 0 Å². The Kier molecular flexibility index (Phi) is 6.67. The van der Waals surface area contributed by atoms with E-state index in [1.54, 1.807) is 0 Å². The standard InChI is InChI=1S/C40H37N3/c1-26-25-42-39(36-13-7-6-10-33(26)36)30-18-20-31(21-19-30)40-35-12-5-3-9-32(35)24-37(43-40)28-14-16-29(17-15-28)38-34-11-4-2-8-27(34)22-23-41-38/h2-3,5-6,8-10,12,14,16,18-26,33,40,43H,4,7,11,13,15,17H2,1H3. The van der Waals surface area contributed by atoms with Crippen molar-refractivity contribution in [2.24, 2.45) is 16.8 Å². The second-order valence-corrected chi connectivity index (χ2v) is 12.4. The van der Waals surface area contributed by atoms with Crippen molar-refractivity contribution in [3.05, 3.63) is 147 Å². The van der Waals surface area contributed by atoms with Gasteiger partial charge in [0.05, 0.1) is 17.4 Å². The van der Waals surface area contributed by atoms with Gasteiger partial charge in [0.15, 0.2) is 0 Å². The van der Waals surface area contributed by atoms with E-state index in [4.69, 9.17) is 9.98 Å². The number of fused-ring (bicyclic) bond motifs is 3. The summed E-state index contributed by atoms with van der Waals surface area (Å²) in [5.74, 6) is 0.952. The van der Waals surface area contributed by atoms with Crippen molar-refractivity contribution < 1.29 is 0 Å². The molecule has 8 rings (SSSR count). The molecule has 3 atom stereocenters. The highest BCUT2D eigenvalue weighted by molar-refractivity contribution is 5.81. The second kappa shape index (κ2) is 11.0. The highest BCUT2D eigenvalue weighted by Crippen LogP contribution is 2.41. The minimum absolute atomic E-state index is 0.101. The van der Waals surface area contributed by atoms with Crippen molar-refractivity contribution in [1.82, 2.24) is 10.3 Å². The molecule has 0 radical (unpaired) electrons. The molecule has 0 saturated carbocycles. The third-order valence-electron chi connectivity index (χ3n) is 9.81. The van der Waals surface area contributed by atoms with E-state index < -0.39 is 0 Å². The number of pyridine rings is 1. The van der Waals surface area contributed by atoms with Crippen LogP contribution in [-0.2, 0) is 6.42 Å². The first-order chi connectivity index (χ1) is 21.2. The molecule has 0 spiro atoms. The Morgan fingerprint density at radius 1 is 0.814 bits per heavy atom. The van der Waals surface area contributed by atoms with Gasteiger partial charge < -0.3 is 5.32 Å². The van der Waals surface area contributed by atoms with Crippen molar-refractivity contribution in [2.45, 2.75) is 51.5 Å². The fourth-order valence-electron chi connectivity index (χ4n) is 7.48. The molecule has 0 fully saturated rings. The van der Waals surface area contributed by atoms with E-state index >= 15 is 0 Å². The molecule has 2 aliphatic heterocycles. The first-order valence-corrected chi connectivity index (χ1v) is 15.9. The van der Waals surface area contributed by atoms with Crippen LogP contribution in [0.25, 0.3) is 23.4 Å². The van der Waals surface area contributed by atoms with Gasteiger partial charge in [0.25, 0.3) is 0 Å². The summed E-state index contributed by atoms with van der Waals surface area (Å²) >= 11 is 0. The number of nitrogens with zero attached hydrogens (tertiary/aromatic N) is 2. The molecule has 3 aliphatic carbocycles. The molecule has 3 heteroatoms. The van der Waals surface area contributed by atoms with Crippen LogP contribution in [0.3, 0.4) is 0 Å². The summed E-state index contributed by atoms with van der Waals surface area (Å²) in [6.07, 6.45) is 26.7. The Morgan fingerprint density at radius 2 is 1.65 bits per heavy atom. The van der Waals surface area contributed by atoms with E-state index in [1.807, 2.05) is 6.20 Å². The Labute approximate surface area is 254 Å². The first-order valence-electron chi connectivity index (χ1n) is 15.9. The lowest BCUT2D eigenvalue weighted by Gasteiger charge is -2.31. The van der Waals surface area contributed by atoms with Crippen LogP contribution in [0.15, 0.2) is 113 Å². The Morgan fingerprint density at radius 3 is 2.53 bits per heavy atom. The summed E-state index contributed by atoms with van der Waals surface area (Å²) < 4.78 is 0. The van der Waals surface area contributed by atoms with Gasteiger partial charge in [0.1, 0.15) is 0 Å². The number of aromatic nitrogens is 1. The van der Waals surface area contributed by atoms with Gasteiger partial charge in [-0.3, -0.25) is 9.98 Å². The molecule has 1 aromatic heterocycles. The average Bonchev–Trinajstić information content (AvgIpc) is 3.08. The van der Waals surface area contributed by atoms with Gasteiger partial charge in [-0.25, -0.2) is 0 Å². The molecule has 2 aromatic carbocycles. The third-order valence-corrected chi connectivity index (χ3v) is 9.81. The highest BCUT2D eigenvalue weighted by Gasteiger charge is 2.28. The molecule has 212 valence electrons. The quantitative estimate of drug-likeness (QED) is 0.324. The zero-order valence-corrected chi connectivity index (χ0v) is 24.8. The van der Waals surface area contributed by atoms with Gasteiger partial charge in [0.2, 0.25) is 0 Å². The van der Waals surface area contributed by atoms with E-state index in [0.29, 0.717) is 11.8 Å². The van der Waals surface area contributed by atoms with Gasteiger partial charge in [0, 0.05) is 35.5 Å². The minimum atomic E-state index is 0.101. The number of benzene rings is 2. The molecule has 0 saturated heterocycles. The molecule has 43 heavy (non-hydrogen) atoms. The minimum Gasteiger partial charge on any atom is -0.374 e. The van der Waals surface area contributed by atoms with E-state index in [2.05, 4.69) is 116 Å². The molecule has 3 nitrogen and oxygen atoms in total. The summed E-state index contributed by atoms with van der Waals surface area (Å²) in [6.45, 7) is 2.28. The molecule has 3 heterocycles. The zero-order valence-electron chi connectivity index (χ0n) is 24.8. The van der Waals surface area contributed by atoms with E-state index in [1.165, 1.54) is 67.2 Å². The van der Waals surface area contributed by atoms with E-state index in [9.17, 15) is 0 Å². The van der Waals surface area contributed by atoms with Gasteiger partial charge in [-0.15, -0.1) is 0 Å². The van der Waals surface area contributed by atoms with Gasteiger partial charge in [-0.2, -0.15) is 0 Å². The maximum atomic E-state index is 4.94. The average molecular weight is 560 g/mol. The van der Waals surface area contributed by atoms with Crippen molar-refractivity contribution in [3.8, 4) is 0 Å². The lowest BCUT2D eigenvalue weighted by molar-refractivity contribution is 0.578. The van der Waals surface area contributed by atoms with Crippen molar-refractivity contribution >= 4 is 29.6 Å². The molecule has 3 aromatic rings. The highest BCUT2D eigenvalue weighted by atomic mass is 14.9. The molecule has 0 bridgehead atoms. The predicted octanol–water partition coefficient (Wildman–Crippen LogP) is 9.28. The van der Waals surface area contributed by atoms with Crippen LogP contribution in [-0.4, -0.2) is 11.2 Å². The van der Waals surface area contributed by atoms with Crippen LogP contribution in [0.5, 0.6) is 0 Å². The summed E-state index contributed by atoms with van der Waals surface area (Å²) in [7, 11) is 0. The molecular weight excluding hydrogens is 522 g/mol. The van der Waals surface area contributed by atoms with Gasteiger partial charge >= 0.3 is 0 Å².